The van der Waals surface area contributed by atoms with E-state index in [1.54, 1.807) is 0 Å². The van der Waals surface area contributed by atoms with Gasteiger partial charge < -0.3 is 14.2 Å². The van der Waals surface area contributed by atoms with Crippen molar-refractivity contribution in [3.05, 3.63) is 72.9 Å². The Balaban J connectivity index is 4.26. The minimum Gasteiger partial charge on any atom is -0.462 e. The first-order chi connectivity index (χ1) is 37.5. The number of esters is 3. The highest BCUT2D eigenvalue weighted by atomic mass is 16.6. The Morgan fingerprint density at radius 3 is 0.855 bits per heavy atom. The smallest absolute Gasteiger partial charge is 0.306 e. The maximum absolute atomic E-state index is 12.9. The number of carbonyl (C=O) groups excluding carboxylic acids is 3. The molecule has 0 aliphatic carbocycles. The summed E-state index contributed by atoms with van der Waals surface area (Å²) in [6.45, 7) is 6.51. The Morgan fingerprint density at radius 1 is 0.276 bits per heavy atom. The van der Waals surface area contributed by atoms with Crippen LogP contribution in [0, 0.1) is 0 Å². The van der Waals surface area contributed by atoms with Crippen LogP contribution >= 0.6 is 0 Å². The van der Waals surface area contributed by atoms with Crippen LogP contribution in [0.3, 0.4) is 0 Å². The van der Waals surface area contributed by atoms with Crippen molar-refractivity contribution in [3.8, 4) is 0 Å². The Bertz CT molecular complexity index is 1400. The normalized spacial score (nSPS) is 12.5. The minimum atomic E-state index is -0.787. The largest absolute Gasteiger partial charge is 0.462 e. The molecule has 0 spiro atoms. The van der Waals surface area contributed by atoms with E-state index < -0.39 is 6.10 Å². The van der Waals surface area contributed by atoms with Crippen LogP contribution in [0.2, 0.25) is 0 Å². The summed E-state index contributed by atoms with van der Waals surface area (Å²) in [5.74, 6) is -0.892. The summed E-state index contributed by atoms with van der Waals surface area (Å²) in [7, 11) is 0. The molecule has 6 nitrogen and oxygen atoms in total. The molecule has 0 aromatic carbocycles. The van der Waals surface area contributed by atoms with Gasteiger partial charge in [-0.05, 0) is 103 Å². The number of carbonyl (C=O) groups is 3. The van der Waals surface area contributed by atoms with Gasteiger partial charge in [0.15, 0.2) is 6.10 Å². The number of hydrogen-bond donors (Lipinski definition) is 0. The molecule has 0 aromatic heterocycles. The third-order valence-electron chi connectivity index (χ3n) is 14.4. The predicted octanol–water partition coefficient (Wildman–Crippen LogP) is 22.5. The fourth-order valence-corrected chi connectivity index (χ4v) is 9.47. The zero-order valence-corrected chi connectivity index (χ0v) is 50.5. The van der Waals surface area contributed by atoms with Crippen LogP contribution < -0.4 is 0 Å². The number of ether oxygens (including phenoxy) is 3. The number of rotatable bonds is 60. The first-order valence-corrected chi connectivity index (χ1v) is 32.9. The van der Waals surface area contributed by atoms with Gasteiger partial charge in [0.25, 0.3) is 0 Å². The number of unbranched alkanes of at least 4 members (excludes halogenated alkanes) is 37. The van der Waals surface area contributed by atoms with Gasteiger partial charge in [-0.25, -0.2) is 0 Å². The van der Waals surface area contributed by atoms with E-state index in [0.29, 0.717) is 19.3 Å². The molecule has 0 radical (unpaired) electrons. The molecule has 440 valence electrons. The van der Waals surface area contributed by atoms with Crippen LogP contribution in [0.25, 0.3) is 0 Å². The summed E-state index contributed by atoms with van der Waals surface area (Å²) in [6.07, 6.45) is 83.5. The summed E-state index contributed by atoms with van der Waals surface area (Å²) in [4.78, 5) is 38.3. The average Bonchev–Trinajstić information content (AvgIpc) is 3.42. The molecular formula is C70H124O6. The van der Waals surface area contributed by atoms with Crippen molar-refractivity contribution in [1.29, 1.82) is 0 Å². The van der Waals surface area contributed by atoms with Crippen molar-refractivity contribution in [2.24, 2.45) is 0 Å². The second-order valence-electron chi connectivity index (χ2n) is 22.0. The molecule has 0 bridgehead atoms. The maximum Gasteiger partial charge on any atom is 0.306 e. The molecule has 6 heteroatoms. The maximum atomic E-state index is 12.9. The fraction of sp³-hybridized carbons (Fsp3) is 0.786. The Labute approximate surface area is 472 Å². The molecule has 1 unspecified atom stereocenters. The van der Waals surface area contributed by atoms with E-state index in [4.69, 9.17) is 14.2 Å². The first-order valence-electron chi connectivity index (χ1n) is 32.9. The molecule has 0 saturated carbocycles. The van der Waals surface area contributed by atoms with Gasteiger partial charge in [0.2, 0.25) is 0 Å². The van der Waals surface area contributed by atoms with E-state index in [1.165, 1.54) is 193 Å². The summed E-state index contributed by atoms with van der Waals surface area (Å²) in [6, 6.07) is 0. The van der Waals surface area contributed by atoms with Crippen molar-refractivity contribution in [1.82, 2.24) is 0 Å². The van der Waals surface area contributed by atoms with Crippen LogP contribution in [0.15, 0.2) is 72.9 Å². The molecule has 1 atom stereocenters. The molecule has 0 fully saturated rings. The fourth-order valence-electron chi connectivity index (χ4n) is 9.47. The lowest BCUT2D eigenvalue weighted by Gasteiger charge is -2.18. The van der Waals surface area contributed by atoms with Crippen molar-refractivity contribution in [2.45, 2.75) is 341 Å². The topological polar surface area (TPSA) is 78.9 Å². The van der Waals surface area contributed by atoms with Crippen LogP contribution in [0.5, 0.6) is 0 Å². The van der Waals surface area contributed by atoms with Crippen molar-refractivity contribution in [2.75, 3.05) is 13.2 Å². The van der Waals surface area contributed by atoms with E-state index in [-0.39, 0.29) is 31.1 Å². The van der Waals surface area contributed by atoms with Gasteiger partial charge in [-0.1, -0.05) is 286 Å². The van der Waals surface area contributed by atoms with Gasteiger partial charge >= 0.3 is 17.9 Å². The van der Waals surface area contributed by atoms with Crippen LogP contribution in [0.4, 0.5) is 0 Å². The van der Waals surface area contributed by atoms with Crippen molar-refractivity contribution >= 4 is 17.9 Å². The lowest BCUT2D eigenvalue weighted by Crippen LogP contribution is -2.30. The summed E-state index contributed by atoms with van der Waals surface area (Å²) in [5.41, 5.74) is 0. The third kappa shape index (κ3) is 61.7. The first kappa shape index (κ1) is 72.8. The zero-order chi connectivity index (χ0) is 55.0. The third-order valence-corrected chi connectivity index (χ3v) is 14.4. The van der Waals surface area contributed by atoms with Gasteiger partial charge in [-0.3, -0.25) is 14.4 Å². The highest BCUT2D eigenvalue weighted by molar-refractivity contribution is 5.71. The molecule has 0 heterocycles. The van der Waals surface area contributed by atoms with E-state index in [9.17, 15) is 14.4 Å². The molecule has 0 amide bonds. The van der Waals surface area contributed by atoms with Crippen molar-refractivity contribution in [3.63, 3.8) is 0 Å². The highest BCUT2D eigenvalue weighted by Gasteiger charge is 2.19. The van der Waals surface area contributed by atoms with Crippen LogP contribution in [-0.4, -0.2) is 37.2 Å². The number of hydrogen-bond acceptors (Lipinski definition) is 6. The van der Waals surface area contributed by atoms with Gasteiger partial charge in [0, 0.05) is 19.3 Å². The van der Waals surface area contributed by atoms with Crippen LogP contribution in [-0.2, 0) is 28.6 Å². The summed E-state index contributed by atoms with van der Waals surface area (Å²) < 4.78 is 16.9. The van der Waals surface area contributed by atoms with Crippen LogP contribution in [0.1, 0.15) is 335 Å². The predicted molar refractivity (Wildman–Crippen MR) is 330 cm³/mol. The number of allylic oxidation sites excluding steroid dienone is 12. The molecule has 0 N–H and O–H groups in total. The quantitative estimate of drug-likeness (QED) is 0.0261. The molecule has 0 rings (SSSR count). The molecule has 0 aliphatic heterocycles. The minimum absolute atomic E-state index is 0.0820. The zero-order valence-electron chi connectivity index (χ0n) is 50.5. The van der Waals surface area contributed by atoms with E-state index in [0.717, 1.165) is 103 Å². The highest BCUT2D eigenvalue weighted by Crippen LogP contribution is 2.17. The lowest BCUT2D eigenvalue weighted by molar-refractivity contribution is -0.167. The molecule has 76 heavy (non-hydrogen) atoms. The van der Waals surface area contributed by atoms with E-state index in [2.05, 4.69) is 93.7 Å². The summed E-state index contributed by atoms with van der Waals surface area (Å²) in [5, 5.41) is 0. The summed E-state index contributed by atoms with van der Waals surface area (Å²) >= 11 is 0. The standard InChI is InChI=1S/C70H124O6/c1-4-7-10-13-16-19-22-25-28-30-31-32-33-34-35-36-37-38-39-41-42-45-48-51-54-57-60-63-69(72)75-66-67(65-74-68(71)62-59-56-53-50-47-44-27-24-21-18-15-12-9-6-3)76-70(73)64-61-58-55-52-49-46-43-40-29-26-23-20-17-14-11-8-5-2/h8,11,15,17-18,20,24,26-27,29-31,67H,4-7,9-10,12-14,16,19,21-23,25,28,32-66H2,1-3H3/b11-8-,18-15-,20-17-,27-24-,29-26-,31-30-. The Morgan fingerprint density at radius 2 is 0.526 bits per heavy atom. The molecule has 0 aliphatic rings. The SMILES string of the molecule is CC/C=C\C/C=C\C/C=C\CCCCCCCCCC(=O)OC(COC(=O)CCCCCCC/C=C\C/C=C\CCCC)COC(=O)CCCCCCCCCCCCCCCCC/C=C\CCCCCCCCCC. The molecule has 0 saturated heterocycles. The second-order valence-corrected chi connectivity index (χ2v) is 22.0. The van der Waals surface area contributed by atoms with Gasteiger partial charge in [-0.2, -0.15) is 0 Å². The van der Waals surface area contributed by atoms with Gasteiger partial charge in [0.1, 0.15) is 13.2 Å². The molecule has 0 aromatic rings. The van der Waals surface area contributed by atoms with Gasteiger partial charge in [0.05, 0.1) is 0 Å². The van der Waals surface area contributed by atoms with E-state index >= 15 is 0 Å². The molecular weight excluding hydrogens is 937 g/mol. The Hall–Kier alpha value is -3.15. The second kappa shape index (κ2) is 64.4. The Kier molecular flexibility index (Phi) is 61.7. The van der Waals surface area contributed by atoms with E-state index in [1.807, 2.05) is 0 Å². The lowest BCUT2D eigenvalue weighted by atomic mass is 10.0. The van der Waals surface area contributed by atoms with Gasteiger partial charge in [-0.15, -0.1) is 0 Å². The average molecular weight is 1060 g/mol. The monoisotopic (exact) mass is 1060 g/mol. The van der Waals surface area contributed by atoms with Crippen molar-refractivity contribution < 1.29 is 28.6 Å².